The van der Waals surface area contributed by atoms with E-state index in [1.807, 2.05) is 36.5 Å². The van der Waals surface area contributed by atoms with Crippen LogP contribution in [0, 0.1) is 0 Å². The molecule has 3 aromatic rings. The molecule has 150 valence electrons. The van der Waals surface area contributed by atoms with E-state index >= 15 is 0 Å². The molecule has 0 radical (unpaired) electrons. The van der Waals surface area contributed by atoms with Crippen LogP contribution in [0.5, 0.6) is 0 Å². The summed E-state index contributed by atoms with van der Waals surface area (Å²) < 4.78 is 5.68. The van der Waals surface area contributed by atoms with Gasteiger partial charge in [-0.25, -0.2) is 0 Å². The largest absolute Gasteiger partial charge is 0.462 e. The van der Waals surface area contributed by atoms with Crippen molar-refractivity contribution < 1.29 is 9.21 Å². The fraction of sp³-hybridized carbons (Fsp3) is 0.300. The van der Waals surface area contributed by atoms with Crippen molar-refractivity contribution in [2.75, 3.05) is 37.6 Å². The molecule has 0 atom stereocenters. The maximum absolute atomic E-state index is 12.6. The Labute approximate surface area is 176 Å². The molecule has 0 aliphatic carbocycles. The third-order valence-corrected chi connectivity index (χ3v) is 4.67. The Morgan fingerprint density at radius 2 is 2.04 bits per heavy atom. The fourth-order valence-electron chi connectivity index (χ4n) is 3.30. The molecule has 1 aromatic carbocycles. The molecule has 0 bridgehead atoms. The van der Waals surface area contributed by atoms with E-state index in [1.54, 1.807) is 12.5 Å². The van der Waals surface area contributed by atoms with Gasteiger partial charge in [-0.3, -0.25) is 9.78 Å². The number of hydrogen-bond donors (Lipinski definition) is 2. The Balaban J connectivity index is 0.00000140. The van der Waals surface area contributed by atoms with Crippen LogP contribution in [0.3, 0.4) is 0 Å². The number of fused-ring (bicyclic) bond motifs is 1. The molecule has 0 spiro atoms. The molecular weight excluding hydrogens is 399 g/mol. The SMILES string of the molecule is Cl.Cl.O=C(NCCc1cccnc1)c1cc(N2CCNCC2)c2occc2c1. The van der Waals surface area contributed by atoms with Crippen LogP contribution >= 0.6 is 24.8 Å². The lowest BCUT2D eigenvalue weighted by Crippen LogP contribution is -2.43. The van der Waals surface area contributed by atoms with E-state index in [1.165, 1.54) is 0 Å². The Morgan fingerprint density at radius 3 is 2.79 bits per heavy atom. The van der Waals surface area contributed by atoms with Gasteiger partial charge in [0, 0.05) is 56.1 Å². The first-order chi connectivity index (χ1) is 12.8. The van der Waals surface area contributed by atoms with Crippen LogP contribution in [0.1, 0.15) is 15.9 Å². The molecule has 1 aliphatic rings. The summed E-state index contributed by atoms with van der Waals surface area (Å²) >= 11 is 0. The first-order valence-electron chi connectivity index (χ1n) is 8.95. The van der Waals surface area contributed by atoms with Gasteiger partial charge >= 0.3 is 0 Å². The first kappa shape index (κ1) is 22.0. The number of piperazine rings is 1. The van der Waals surface area contributed by atoms with Crippen molar-refractivity contribution >= 4 is 47.4 Å². The topological polar surface area (TPSA) is 70.4 Å². The van der Waals surface area contributed by atoms with Crippen molar-refractivity contribution in [3.63, 3.8) is 0 Å². The molecule has 2 aromatic heterocycles. The highest BCUT2D eigenvalue weighted by Gasteiger charge is 2.18. The van der Waals surface area contributed by atoms with E-state index in [2.05, 4.69) is 20.5 Å². The van der Waals surface area contributed by atoms with Gasteiger partial charge in [0.05, 0.1) is 12.0 Å². The fourth-order valence-corrected chi connectivity index (χ4v) is 3.30. The van der Waals surface area contributed by atoms with Crippen LogP contribution in [0.15, 0.2) is 53.4 Å². The van der Waals surface area contributed by atoms with Crippen LogP contribution in [-0.2, 0) is 6.42 Å². The zero-order valence-electron chi connectivity index (χ0n) is 15.4. The van der Waals surface area contributed by atoms with Gasteiger partial charge in [0.1, 0.15) is 0 Å². The summed E-state index contributed by atoms with van der Waals surface area (Å²) in [4.78, 5) is 19.0. The second kappa shape index (κ2) is 10.3. The number of amides is 1. The number of aromatic nitrogens is 1. The van der Waals surface area contributed by atoms with Gasteiger partial charge in [0.25, 0.3) is 5.91 Å². The van der Waals surface area contributed by atoms with Gasteiger partial charge in [0.15, 0.2) is 5.58 Å². The molecule has 0 saturated carbocycles. The minimum Gasteiger partial charge on any atom is -0.462 e. The number of pyridine rings is 1. The second-order valence-corrected chi connectivity index (χ2v) is 6.44. The molecule has 0 unspecified atom stereocenters. The molecule has 8 heteroatoms. The van der Waals surface area contributed by atoms with Crippen molar-refractivity contribution in [1.82, 2.24) is 15.6 Å². The normalized spacial score (nSPS) is 13.5. The summed E-state index contributed by atoms with van der Waals surface area (Å²) in [5.74, 6) is -0.0617. The van der Waals surface area contributed by atoms with E-state index in [-0.39, 0.29) is 30.7 Å². The first-order valence-corrected chi connectivity index (χ1v) is 8.95. The highest BCUT2D eigenvalue weighted by molar-refractivity contribution is 6.02. The van der Waals surface area contributed by atoms with E-state index < -0.39 is 0 Å². The zero-order chi connectivity index (χ0) is 17.8. The van der Waals surface area contributed by atoms with E-state index in [0.29, 0.717) is 12.1 Å². The summed E-state index contributed by atoms with van der Waals surface area (Å²) in [7, 11) is 0. The van der Waals surface area contributed by atoms with E-state index in [4.69, 9.17) is 4.42 Å². The number of hydrogen-bond acceptors (Lipinski definition) is 5. The minimum absolute atomic E-state index is 0. The molecule has 6 nitrogen and oxygen atoms in total. The minimum atomic E-state index is -0.0617. The molecule has 1 aliphatic heterocycles. The standard InChI is InChI=1S/C20H22N4O2.2ClH/c25-20(23-6-3-15-2-1-5-22-14-15)17-12-16-4-11-26-19(16)18(13-17)24-9-7-21-8-10-24;;/h1-2,4-5,11-14,21H,3,6-10H2,(H,23,25);2*1H. The molecule has 1 saturated heterocycles. The highest BCUT2D eigenvalue weighted by atomic mass is 35.5. The smallest absolute Gasteiger partial charge is 0.251 e. The average molecular weight is 423 g/mol. The van der Waals surface area contributed by atoms with Gasteiger partial charge in [-0.1, -0.05) is 6.07 Å². The summed E-state index contributed by atoms with van der Waals surface area (Å²) in [6.07, 6.45) is 6.02. The third kappa shape index (κ3) is 4.95. The van der Waals surface area contributed by atoms with Gasteiger partial charge in [-0.15, -0.1) is 24.8 Å². The lowest BCUT2D eigenvalue weighted by Gasteiger charge is -2.29. The predicted molar refractivity (Wildman–Crippen MR) is 116 cm³/mol. The Hall–Kier alpha value is -2.28. The van der Waals surface area contributed by atoms with Gasteiger partial charge < -0.3 is 20.0 Å². The highest BCUT2D eigenvalue weighted by Crippen LogP contribution is 2.30. The molecule has 1 fully saturated rings. The Bertz CT molecular complexity index is 896. The lowest BCUT2D eigenvalue weighted by atomic mass is 10.1. The summed E-state index contributed by atoms with van der Waals surface area (Å²) in [5, 5.41) is 7.31. The predicted octanol–water partition coefficient (Wildman–Crippen LogP) is 3.05. The Morgan fingerprint density at radius 1 is 1.21 bits per heavy atom. The van der Waals surface area contributed by atoms with Crippen molar-refractivity contribution in [2.24, 2.45) is 0 Å². The molecule has 4 rings (SSSR count). The zero-order valence-corrected chi connectivity index (χ0v) is 17.0. The molecule has 2 N–H and O–H groups in total. The number of carbonyl (C=O) groups excluding carboxylic acids is 1. The van der Waals surface area contributed by atoms with E-state index in [9.17, 15) is 4.79 Å². The summed E-state index contributed by atoms with van der Waals surface area (Å²) in [6, 6.07) is 9.66. The monoisotopic (exact) mass is 422 g/mol. The molecule has 3 heterocycles. The number of benzene rings is 1. The molecule has 28 heavy (non-hydrogen) atoms. The second-order valence-electron chi connectivity index (χ2n) is 6.44. The van der Waals surface area contributed by atoms with Gasteiger partial charge in [-0.05, 0) is 36.2 Å². The number of halogens is 2. The maximum Gasteiger partial charge on any atom is 0.251 e. The lowest BCUT2D eigenvalue weighted by molar-refractivity contribution is 0.0954. The molecular formula is C20H24Cl2N4O2. The van der Waals surface area contributed by atoms with Crippen LogP contribution in [0.25, 0.3) is 11.0 Å². The summed E-state index contributed by atoms with van der Waals surface area (Å²) in [6.45, 7) is 4.26. The summed E-state index contributed by atoms with van der Waals surface area (Å²) in [5.41, 5.74) is 3.61. The Kier molecular flexibility index (Phi) is 8.11. The number of nitrogens with one attached hydrogen (secondary N) is 2. The number of anilines is 1. The molecule has 1 amide bonds. The third-order valence-electron chi connectivity index (χ3n) is 4.67. The number of rotatable bonds is 5. The van der Waals surface area contributed by atoms with Crippen LogP contribution in [0.2, 0.25) is 0 Å². The number of furan rings is 1. The van der Waals surface area contributed by atoms with Crippen LogP contribution in [-0.4, -0.2) is 43.6 Å². The van der Waals surface area contributed by atoms with Gasteiger partial charge in [0.2, 0.25) is 0 Å². The quantitative estimate of drug-likeness (QED) is 0.660. The van der Waals surface area contributed by atoms with Crippen molar-refractivity contribution in [2.45, 2.75) is 6.42 Å². The van der Waals surface area contributed by atoms with Crippen molar-refractivity contribution in [1.29, 1.82) is 0 Å². The van der Waals surface area contributed by atoms with E-state index in [0.717, 1.165) is 54.8 Å². The number of carbonyl (C=O) groups is 1. The maximum atomic E-state index is 12.6. The number of nitrogens with zero attached hydrogens (tertiary/aromatic N) is 2. The van der Waals surface area contributed by atoms with Crippen LogP contribution in [0.4, 0.5) is 5.69 Å². The van der Waals surface area contributed by atoms with Crippen molar-refractivity contribution in [3.05, 3.63) is 60.1 Å². The van der Waals surface area contributed by atoms with Crippen LogP contribution < -0.4 is 15.5 Å². The van der Waals surface area contributed by atoms with Gasteiger partial charge in [-0.2, -0.15) is 0 Å². The average Bonchev–Trinajstić information content (AvgIpc) is 3.17. The van der Waals surface area contributed by atoms with Crippen molar-refractivity contribution in [3.8, 4) is 0 Å².